The summed E-state index contributed by atoms with van der Waals surface area (Å²) in [6.07, 6.45) is 2.77. The highest BCUT2D eigenvalue weighted by atomic mass is 35.5. The fourth-order valence-corrected chi connectivity index (χ4v) is 2.52. The predicted molar refractivity (Wildman–Crippen MR) is 60.7 cm³/mol. The summed E-state index contributed by atoms with van der Waals surface area (Å²) in [6, 6.07) is 0. The molecule has 86 valence electrons. The molecule has 0 fully saturated rings. The van der Waals surface area contributed by atoms with Gasteiger partial charge in [-0.15, -0.1) is 11.6 Å². The van der Waals surface area contributed by atoms with Crippen LogP contribution in [0.5, 0.6) is 0 Å². The van der Waals surface area contributed by atoms with Gasteiger partial charge in [0.1, 0.15) is 5.82 Å². The molecule has 0 spiro atoms. The van der Waals surface area contributed by atoms with Crippen molar-refractivity contribution in [3.63, 3.8) is 0 Å². The van der Waals surface area contributed by atoms with E-state index >= 15 is 0 Å². The monoisotopic (exact) mass is 251 g/mol. The third kappa shape index (κ3) is 3.71. The Balaban J connectivity index is 2.68. The maximum Gasteiger partial charge on any atom is 0.233 e. The summed E-state index contributed by atoms with van der Waals surface area (Å²) in [5, 5.41) is 6.40. The van der Waals surface area contributed by atoms with Gasteiger partial charge in [-0.25, -0.2) is 8.42 Å². The number of aryl methyl sites for hydroxylation is 1. The molecule has 0 aromatic carbocycles. The molecule has 1 aromatic heterocycles. The number of hydrogen-bond acceptors (Lipinski definition) is 3. The van der Waals surface area contributed by atoms with Crippen molar-refractivity contribution in [1.82, 2.24) is 10.2 Å². The zero-order valence-corrected chi connectivity index (χ0v) is 10.0. The van der Waals surface area contributed by atoms with E-state index in [1.807, 2.05) is 6.92 Å². The van der Waals surface area contributed by atoms with Gasteiger partial charge in [0.05, 0.1) is 11.9 Å². The predicted octanol–water partition coefficient (Wildman–Crippen LogP) is 1.34. The van der Waals surface area contributed by atoms with Crippen LogP contribution in [0.25, 0.3) is 0 Å². The SMILES string of the molecule is CCc1cn[nH]c1NS(=O)(=O)CCCCl. The number of aromatic nitrogens is 2. The normalized spacial score (nSPS) is 11.6. The van der Waals surface area contributed by atoms with Gasteiger partial charge in [0.2, 0.25) is 10.0 Å². The maximum absolute atomic E-state index is 11.5. The highest BCUT2D eigenvalue weighted by molar-refractivity contribution is 7.92. The lowest BCUT2D eigenvalue weighted by Crippen LogP contribution is -2.18. The van der Waals surface area contributed by atoms with Crippen molar-refractivity contribution in [2.24, 2.45) is 0 Å². The molecule has 0 bridgehead atoms. The van der Waals surface area contributed by atoms with Crippen LogP contribution in [0.3, 0.4) is 0 Å². The van der Waals surface area contributed by atoms with Gasteiger partial charge in [-0.1, -0.05) is 6.92 Å². The highest BCUT2D eigenvalue weighted by Gasteiger charge is 2.12. The third-order valence-electron chi connectivity index (χ3n) is 1.90. The van der Waals surface area contributed by atoms with Gasteiger partial charge in [-0.05, 0) is 12.8 Å². The second-order valence-corrected chi connectivity index (χ2v) is 5.31. The van der Waals surface area contributed by atoms with Gasteiger partial charge < -0.3 is 0 Å². The van der Waals surface area contributed by atoms with Crippen molar-refractivity contribution in [3.8, 4) is 0 Å². The Bertz CT molecular complexity index is 402. The van der Waals surface area contributed by atoms with Crippen molar-refractivity contribution in [1.29, 1.82) is 0 Å². The van der Waals surface area contributed by atoms with Crippen molar-refractivity contribution in [2.75, 3.05) is 16.4 Å². The first kappa shape index (κ1) is 12.3. The Morgan fingerprint density at radius 1 is 1.60 bits per heavy atom. The van der Waals surface area contributed by atoms with Crippen LogP contribution in [0.15, 0.2) is 6.20 Å². The largest absolute Gasteiger partial charge is 0.267 e. The van der Waals surface area contributed by atoms with Crippen LogP contribution in [0.1, 0.15) is 18.9 Å². The second-order valence-electron chi connectivity index (χ2n) is 3.09. The van der Waals surface area contributed by atoms with E-state index in [2.05, 4.69) is 14.9 Å². The minimum absolute atomic E-state index is 0.0265. The van der Waals surface area contributed by atoms with Crippen LogP contribution in [0.2, 0.25) is 0 Å². The van der Waals surface area contributed by atoms with Crippen LogP contribution < -0.4 is 4.72 Å². The molecule has 0 atom stereocenters. The average molecular weight is 252 g/mol. The smallest absolute Gasteiger partial charge is 0.233 e. The van der Waals surface area contributed by atoms with Crippen LogP contribution in [-0.4, -0.2) is 30.2 Å². The zero-order valence-electron chi connectivity index (χ0n) is 8.46. The molecular formula is C8H14ClN3O2S. The molecule has 1 rings (SSSR count). The van der Waals surface area contributed by atoms with E-state index in [0.29, 0.717) is 18.1 Å². The fourth-order valence-electron chi connectivity index (χ4n) is 1.12. The minimum Gasteiger partial charge on any atom is -0.267 e. The summed E-state index contributed by atoms with van der Waals surface area (Å²) in [4.78, 5) is 0. The van der Waals surface area contributed by atoms with Crippen molar-refractivity contribution < 1.29 is 8.42 Å². The number of aromatic amines is 1. The average Bonchev–Trinajstić information content (AvgIpc) is 2.61. The maximum atomic E-state index is 11.5. The number of nitrogens with one attached hydrogen (secondary N) is 2. The summed E-state index contributed by atoms with van der Waals surface area (Å²) in [6.45, 7) is 1.93. The molecule has 0 aliphatic carbocycles. The number of alkyl halides is 1. The molecule has 5 nitrogen and oxygen atoms in total. The van der Waals surface area contributed by atoms with E-state index in [1.165, 1.54) is 0 Å². The number of hydrogen-bond donors (Lipinski definition) is 2. The summed E-state index contributed by atoms with van der Waals surface area (Å²) < 4.78 is 25.5. The molecule has 0 unspecified atom stereocenters. The van der Waals surface area contributed by atoms with Gasteiger partial charge in [-0.3, -0.25) is 9.82 Å². The number of H-pyrrole nitrogens is 1. The highest BCUT2D eigenvalue weighted by Crippen LogP contribution is 2.13. The third-order valence-corrected chi connectivity index (χ3v) is 3.51. The number of sulfonamides is 1. The lowest BCUT2D eigenvalue weighted by molar-refractivity contribution is 0.599. The lowest BCUT2D eigenvalue weighted by atomic mass is 10.3. The Morgan fingerprint density at radius 3 is 2.93 bits per heavy atom. The number of nitrogens with zero attached hydrogens (tertiary/aromatic N) is 1. The summed E-state index contributed by atoms with van der Waals surface area (Å²) in [5.74, 6) is 0.815. The molecule has 7 heteroatoms. The Labute approximate surface area is 94.3 Å². The van der Waals surface area contributed by atoms with Crippen molar-refractivity contribution in [2.45, 2.75) is 19.8 Å². The van der Waals surface area contributed by atoms with Gasteiger partial charge in [0.15, 0.2) is 0 Å². The van der Waals surface area contributed by atoms with Gasteiger partial charge >= 0.3 is 0 Å². The number of anilines is 1. The first-order chi connectivity index (χ1) is 7.09. The van der Waals surface area contributed by atoms with Crippen LogP contribution in [-0.2, 0) is 16.4 Å². The summed E-state index contributed by atoms with van der Waals surface area (Å²) in [5.41, 5.74) is 0.851. The Kier molecular flexibility index (Phi) is 4.41. The van der Waals surface area contributed by atoms with E-state index in [1.54, 1.807) is 6.20 Å². The molecule has 1 aromatic rings. The van der Waals surface area contributed by atoms with Crippen molar-refractivity contribution >= 4 is 27.4 Å². The molecule has 2 N–H and O–H groups in total. The van der Waals surface area contributed by atoms with Crippen LogP contribution in [0.4, 0.5) is 5.82 Å². The van der Waals surface area contributed by atoms with E-state index in [-0.39, 0.29) is 5.75 Å². The molecule has 0 saturated heterocycles. The first-order valence-corrected chi connectivity index (χ1v) is 6.86. The molecule has 0 amide bonds. The topological polar surface area (TPSA) is 74.8 Å². The molecule has 1 heterocycles. The van der Waals surface area contributed by atoms with Gasteiger partial charge in [-0.2, -0.15) is 5.10 Å². The zero-order chi connectivity index (χ0) is 11.3. The quantitative estimate of drug-likeness (QED) is 0.750. The number of rotatable bonds is 6. The van der Waals surface area contributed by atoms with Crippen molar-refractivity contribution in [3.05, 3.63) is 11.8 Å². The Hall–Kier alpha value is -0.750. The molecule has 15 heavy (non-hydrogen) atoms. The summed E-state index contributed by atoms with van der Waals surface area (Å²) >= 11 is 5.44. The van der Waals surface area contributed by atoms with Crippen LogP contribution >= 0.6 is 11.6 Å². The Morgan fingerprint density at radius 2 is 2.33 bits per heavy atom. The van der Waals surface area contributed by atoms with E-state index in [4.69, 9.17) is 11.6 Å². The molecule has 0 saturated carbocycles. The van der Waals surface area contributed by atoms with E-state index in [0.717, 1.165) is 12.0 Å². The molecule has 0 radical (unpaired) electrons. The molecular weight excluding hydrogens is 238 g/mol. The van der Waals surface area contributed by atoms with E-state index < -0.39 is 10.0 Å². The molecule has 0 aliphatic heterocycles. The second kappa shape index (κ2) is 5.37. The number of halogens is 1. The molecule has 0 aliphatic rings. The lowest BCUT2D eigenvalue weighted by Gasteiger charge is -2.06. The van der Waals surface area contributed by atoms with Crippen LogP contribution in [0, 0.1) is 0 Å². The standard InChI is InChI=1S/C8H14ClN3O2S/c1-2-7-6-10-11-8(7)12-15(13,14)5-3-4-9/h6H,2-5H2,1H3,(H2,10,11,12). The minimum atomic E-state index is -3.30. The fraction of sp³-hybridized carbons (Fsp3) is 0.625. The van der Waals surface area contributed by atoms with Gasteiger partial charge in [0.25, 0.3) is 0 Å². The first-order valence-electron chi connectivity index (χ1n) is 4.67. The van der Waals surface area contributed by atoms with Gasteiger partial charge in [0, 0.05) is 11.4 Å². The summed E-state index contributed by atoms with van der Waals surface area (Å²) in [7, 11) is -3.30. The van der Waals surface area contributed by atoms with E-state index in [9.17, 15) is 8.42 Å².